The zero-order chi connectivity index (χ0) is 12.7. The third kappa shape index (κ3) is 4.44. The summed E-state index contributed by atoms with van der Waals surface area (Å²) in [6, 6.07) is 7.34. The van der Waals surface area contributed by atoms with Crippen molar-refractivity contribution in [3.05, 3.63) is 24.3 Å². The number of carbonyl (C=O) groups is 1. The summed E-state index contributed by atoms with van der Waals surface area (Å²) < 4.78 is 5.32. The molecule has 0 spiro atoms. The summed E-state index contributed by atoms with van der Waals surface area (Å²) >= 11 is 0. The Balaban J connectivity index is 2.53. The molecule has 4 nitrogen and oxygen atoms in total. The SMILES string of the molecule is CCOc1ccc(NC(=O)C(C)CCN)cc1. The molecule has 0 aliphatic rings. The van der Waals surface area contributed by atoms with Gasteiger partial charge in [0.2, 0.25) is 5.91 Å². The summed E-state index contributed by atoms with van der Waals surface area (Å²) in [5, 5.41) is 2.85. The van der Waals surface area contributed by atoms with Gasteiger partial charge in [0.05, 0.1) is 6.61 Å². The molecule has 1 aromatic carbocycles. The molecule has 3 N–H and O–H groups in total. The molecular formula is C13H20N2O2. The summed E-state index contributed by atoms with van der Waals surface area (Å²) in [7, 11) is 0. The summed E-state index contributed by atoms with van der Waals surface area (Å²) in [6.07, 6.45) is 0.697. The predicted molar refractivity (Wildman–Crippen MR) is 69.1 cm³/mol. The molecule has 0 saturated heterocycles. The van der Waals surface area contributed by atoms with E-state index in [4.69, 9.17) is 10.5 Å². The van der Waals surface area contributed by atoms with E-state index in [1.54, 1.807) is 0 Å². The minimum Gasteiger partial charge on any atom is -0.494 e. The molecule has 0 aliphatic heterocycles. The number of rotatable bonds is 6. The van der Waals surface area contributed by atoms with Crippen molar-refractivity contribution < 1.29 is 9.53 Å². The van der Waals surface area contributed by atoms with Crippen molar-refractivity contribution in [2.45, 2.75) is 20.3 Å². The van der Waals surface area contributed by atoms with E-state index in [2.05, 4.69) is 5.32 Å². The van der Waals surface area contributed by atoms with Crippen LogP contribution in [0.2, 0.25) is 0 Å². The van der Waals surface area contributed by atoms with Crippen molar-refractivity contribution in [1.82, 2.24) is 0 Å². The number of anilines is 1. The van der Waals surface area contributed by atoms with Crippen LogP contribution < -0.4 is 15.8 Å². The molecule has 4 heteroatoms. The first-order valence-corrected chi connectivity index (χ1v) is 5.91. The lowest BCUT2D eigenvalue weighted by Gasteiger charge is -2.11. The molecule has 1 rings (SSSR count). The smallest absolute Gasteiger partial charge is 0.227 e. The molecule has 94 valence electrons. The molecule has 17 heavy (non-hydrogen) atoms. The zero-order valence-electron chi connectivity index (χ0n) is 10.4. The quantitative estimate of drug-likeness (QED) is 0.794. The highest BCUT2D eigenvalue weighted by Crippen LogP contribution is 2.16. The number of carbonyl (C=O) groups excluding carboxylic acids is 1. The van der Waals surface area contributed by atoms with Crippen molar-refractivity contribution in [3.8, 4) is 5.75 Å². The molecule has 0 aliphatic carbocycles. The maximum absolute atomic E-state index is 11.7. The minimum absolute atomic E-state index is 0.000361. The largest absolute Gasteiger partial charge is 0.494 e. The number of hydrogen-bond donors (Lipinski definition) is 2. The molecule has 0 radical (unpaired) electrons. The van der Waals surface area contributed by atoms with Crippen LogP contribution in [0.15, 0.2) is 24.3 Å². The fraction of sp³-hybridized carbons (Fsp3) is 0.462. The van der Waals surface area contributed by atoms with Crippen LogP contribution in [-0.2, 0) is 4.79 Å². The normalized spacial score (nSPS) is 11.9. The predicted octanol–water partition coefficient (Wildman–Crippen LogP) is 2.01. The van der Waals surface area contributed by atoms with Gasteiger partial charge in [-0.1, -0.05) is 6.92 Å². The van der Waals surface area contributed by atoms with Crippen molar-refractivity contribution in [2.75, 3.05) is 18.5 Å². The second-order valence-electron chi connectivity index (χ2n) is 3.93. The number of nitrogens with two attached hydrogens (primary N) is 1. The lowest BCUT2D eigenvalue weighted by atomic mass is 10.1. The van der Waals surface area contributed by atoms with Crippen LogP contribution in [-0.4, -0.2) is 19.1 Å². The number of nitrogens with one attached hydrogen (secondary N) is 1. The fourth-order valence-electron chi connectivity index (χ4n) is 1.45. The zero-order valence-corrected chi connectivity index (χ0v) is 10.4. The van der Waals surface area contributed by atoms with Gasteiger partial charge >= 0.3 is 0 Å². The van der Waals surface area contributed by atoms with Gasteiger partial charge in [-0.05, 0) is 44.2 Å². The van der Waals surface area contributed by atoms with Crippen molar-refractivity contribution >= 4 is 11.6 Å². The molecule has 0 saturated carbocycles. The molecule has 1 atom stereocenters. The Labute approximate surface area is 102 Å². The van der Waals surface area contributed by atoms with Gasteiger partial charge in [-0.2, -0.15) is 0 Å². The van der Waals surface area contributed by atoms with E-state index in [9.17, 15) is 4.79 Å². The van der Waals surface area contributed by atoms with E-state index in [1.165, 1.54) is 0 Å². The summed E-state index contributed by atoms with van der Waals surface area (Å²) in [5.74, 6) is 0.742. The van der Waals surface area contributed by atoms with Gasteiger partial charge in [0.15, 0.2) is 0 Å². The topological polar surface area (TPSA) is 64.3 Å². The van der Waals surface area contributed by atoms with Gasteiger partial charge in [-0.25, -0.2) is 0 Å². The monoisotopic (exact) mass is 236 g/mol. The Hall–Kier alpha value is -1.55. The van der Waals surface area contributed by atoms with Gasteiger partial charge in [0, 0.05) is 11.6 Å². The molecule has 1 unspecified atom stereocenters. The van der Waals surface area contributed by atoms with E-state index in [1.807, 2.05) is 38.1 Å². The highest BCUT2D eigenvalue weighted by molar-refractivity contribution is 5.92. The van der Waals surface area contributed by atoms with Crippen molar-refractivity contribution in [3.63, 3.8) is 0 Å². The average Bonchev–Trinajstić information content (AvgIpc) is 2.32. The standard InChI is InChI=1S/C13H20N2O2/c1-3-17-12-6-4-11(5-7-12)15-13(16)10(2)8-9-14/h4-7,10H,3,8-9,14H2,1-2H3,(H,15,16). The van der Waals surface area contributed by atoms with Crippen molar-refractivity contribution in [1.29, 1.82) is 0 Å². The highest BCUT2D eigenvalue weighted by atomic mass is 16.5. The lowest BCUT2D eigenvalue weighted by Crippen LogP contribution is -2.22. The maximum atomic E-state index is 11.7. The molecule has 0 aromatic heterocycles. The second-order valence-corrected chi connectivity index (χ2v) is 3.93. The van der Waals surface area contributed by atoms with Crippen LogP contribution in [0.3, 0.4) is 0 Å². The van der Waals surface area contributed by atoms with Gasteiger partial charge in [-0.3, -0.25) is 4.79 Å². The van der Waals surface area contributed by atoms with E-state index >= 15 is 0 Å². The van der Waals surface area contributed by atoms with Gasteiger partial charge in [-0.15, -0.1) is 0 Å². The van der Waals surface area contributed by atoms with E-state index < -0.39 is 0 Å². The number of amides is 1. The first kappa shape index (κ1) is 13.5. The number of benzene rings is 1. The van der Waals surface area contributed by atoms with Crippen molar-refractivity contribution in [2.24, 2.45) is 11.7 Å². The first-order valence-electron chi connectivity index (χ1n) is 5.91. The van der Waals surface area contributed by atoms with Crippen LogP contribution in [0.25, 0.3) is 0 Å². The second kappa shape index (κ2) is 6.91. The highest BCUT2D eigenvalue weighted by Gasteiger charge is 2.11. The molecular weight excluding hydrogens is 216 g/mol. The van der Waals surface area contributed by atoms with Gasteiger partial charge < -0.3 is 15.8 Å². The Morgan fingerprint density at radius 2 is 2.06 bits per heavy atom. The molecule has 0 bridgehead atoms. The van der Waals surface area contributed by atoms with Crippen LogP contribution >= 0.6 is 0 Å². The maximum Gasteiger partial charge on any atom is 0.227 e. The van der Waals surface area contributed by atoms with E-state index in [-0.39, 0.29) is 11.8 Å². The van der Waals surface area contributed by atoms with Crippen LogP contribution in [0.4, 0.5) is 5.69 Å². The van der Waals surface area contributed by atoms with Crippen LogP contribution in [0.1, 0.15) is 20.3 Å². The lowest BCUT2D eigenvalue weighted by molar-refractivity contribution is -0.119. The third-order valence-electron chi connectivity index (χ3n) is 2.48. The van der Waals surface area contributed by atoms with Crippen LogP contribution in [0, 0.1) is 5.92 Å². The summed E-state index contributed by atoms with van der Waals surface area (Å²) in [5.41, 5.74) is 6.20. The molecule has 1 amide bonds. The fourth-order valence-corrected chi connectivity index (χ4v) is 1.45. The average molecular weight is 236 g/mol. The minimum atomic E-state index is -0.0634. The molecule has 0 heterocycles. The van der Waals surface area contributed by atoms with Gasteiger partial charge in [0.25, 0.3) is 0 Å². The third-order valence-corrected chi connectivity index (χ3v) is 2.48. The summed E-state index contributed by atoms with van der Waals surface area (Å²) in [4.78, 5) is 11.7. The number of ether oxygens (including phenoxy) is 1. The van der Waals surface area contributed by atoms with Gasteiger partial charge in [0.1, 0.15) is 5.75 Å². The van der Waals surface area contributed by atoms with E-state index in [0.717, 1.165) is 11.4 Å². The van der Waals surface area contributed by atoms with Crippen LogP contribution in [0.5, 0.6) is 5.75 Å². The number of hydrogen-bond acceptors (Lipinski definition) is 3. The Bertz CT molecular complexity index is 349. The molecule has 1 aromatic rings. The Morgan fingerprint density at radius 3 is 2.59 bits per heavy atom. The summed E-state index contributed by atoms with van der Waals surface area (Å²) in [6.45, 7) is 4.97. The first-order chi connectivity index (χ1) is 8.17. The van der Waals surface area contributed by atoms with E-state index in [0.29, 0.717) is 19.6 Å². The Morgan fingerprint density at radius 1 is 1.41 bits per heavy atom. The Kier molecular flexibility index (Phi) is 5.49. The molecule has 0 fully saturated rings.